The molecule has 0 spiro atoms. The van der Waals surface area contributed by atoms with Gasteiger partial charge < -0.3 is 15.0 Å². The van der Waals surface area contributed by atoms with E-state index in [1.807, 2.05) is 39.0 Å². The summed E-state index contributed by atoms with van der Waals surface area (Å²) in [6.07, 6.45) is 3.53. The number of fused-ring (bicyclic) bond motifs is 1. The minimum atomic E-state index is -0.736. The van der Waals surface area contributed by atoms with Gasteiger partial charge in [0.05, 0.1) is 0 Å². The van der Waals surface area contributed by atoms with E-state index in [1.165, 1.54) is 0 Å². The molecular formula is C18H23ClN2O2S. The van der Waals surface area contributed by atoms with E-state index >= 15 is 0 Å². The predicted molar refractivity (Wildman–Crippen MR) is 100 cm³/mol. The highest BCUT2D eigenvalue weighted by Gasteiger charge is 2.39. The first-order chi connectivity index (χ1) is 11.3. The lowest BCUT2D eigenvalue weighted by Gasteiger charge is -2.36. The van der Waals surface area contributed by atoms with Crippen LogP contribution in [-0.2, 0) is 16.7 Å². The molecule has 1 aromatic carbocycles. The van der Waals surface area contributed by atoms with Gasteiger partial charge in [-0.25, -0.2) is 4.98 Å². The molecule has 1 atom stereocenters. The SMILES string of the molecule is CC[S+]([O-])C1CC(Oc2ccc(C(C)(C)N)c3cc(Cl)ncc23)C1. The maximum Gasteiger partial charge on any atom is 0.129 e. The summed E-state index contributed by atoms with van der Waals surface area (Å²) < 4.78 is 18.0. The third-order valence-electron chi connectivity index (χ3n) is 4.52. The van der Waals surface area contributed by atoms with Gasteiger partial charge in [-0.05, 0) is 43.9 Å². The van der Waals surface area contributed by atoms with E-state index in [9.17, 15) is 4.55 Å². The van der Waals surface area contributed by atoms with Gasteiger partial charge in [-0.2, -0.15) is 0 Å². The Balaban J connectivity index is 1.88. The maximum absolute atomic E-state index is 11.8. The third-order valence-corrected chi connectivity index (χ3v) is 6.43. The quantitative estimate of drug-likeness (QED) is 0.646. The molecular weight excluding hydrogens is 344 g/mol. The molecule has 4 nitrogen and oxygen atoms in total. The van der Waals surface area contributed by atoms with Gasteiger partial charge in [-0.15, -0.1) is 0 Å². The van der Waals surface area contributed by atoms with Gasteiger partial charge in [0.25, 0.3) is 0 Å². The minimum Gasteiger partial charge on any atom is -0.616 e. The fraction of sp³-hybridized carbons (Fsp3) is 0.500. The maximum atomic E-state index is 11.8. The molecule has 1 aliphatic carbocycles. The van der Waals surface area contributed by atoms with Crippen LogP contribution in [0.4, 0.5) is 0 Å². The lowest BCUT2D eigenvalue weighted by Crippen LogP contribution is -2.43. The van der Waals surface area contributed by atoms with Crippen molar-refractivity contribution in [3.63, 3.8) is 0 Å². The monoisotopic (exact) mass is 366 g/mol. The Morgan fingerprint density at radius 3 is 2.71 bits per heavy atom. The second kappa shape index (κ2) is 6.71. The molecule has 130 valence electrons. The highest BCUT2D eigenvalue weighted by molar-refractivity contribution is 7.92. The number of ether oxygens (including phenoxy) is 1. The van der Waals surface area contributed by atoms with Crippen LogP contribution in [0.5, 0.6) is 5.75 Å². The Morgan fingerprint density at radius 1 is 1.38 bits per heavy atom. The van der Waals surface area contributed by atoms with Crippen LogP contribution in [0.25, 0.3) is 10.8 Å². The summed E-state index contributed by atoms with van der Waals surface area (Å²) in [5.41, 5.74) is 6.81. The fourth-order valence-electron chi connectivity index (χ4n) is 3.10. The van der Waals surface area contributed by atoms with Crippen LogP contribution >= 0.6 is 11.6 Å². The van der Waals surface area contributed by atoms with Crippen LogP contribution < -0.4 is 10.5 Å². The number of rotatable bonds is 5. The van der Waals surface area contributed by atoms with Crippen molar-refractivity contribution in [2.45, 2.75) is 50.5 Å². The average Bonchev–Trinajstić information content (AvgIpc) is 2.48. The number of hydrogen-bond acceptors (Lipinski definition) is 4. The molecule has 0 saturated heterocycles. The van der Waals surface area contributed by atoms with Gasteiger partial charge in [-0.3, -0.25) is 0 Å². The second-order valence-corrected chi connectivity index (χ2v) is 9.28. The summed E-state index contributed by atoms with van der Waals surface area (Å²) in [7, 11) is 0. The zero-order chi connectivity index (χ0) is 17.5. The summed E-state index contributed by atoms with van der Waals surface area (Å²) >= 11 is 5.34. The van der Waals surface area contributed by atoms with Gasteiger partial charge in [0.1, 0.15) is 28.0 Å². The predicted octanol–water partition coefficient (Wildman–Crippen LogP) is 3.76. The molecule has 1 heterocycles. The highest BCUT2D eigenvalue weighted by atomic mass is 35.5. The Morgan fingerprint density at radius 2 is 2.08 bits per heavy atom. The van der Waals surface area contributed by atoms with Crippen molar-refractivity contribution in [3.8, 4) is 5.75 Å². The Labute approximate surface area is 150 Å². The zero-order valence-electron chi connectivity index (χ0n) is 14.2. The van der Waals surface area contributed by atoms with Crippen LogP contribution in [0.3, 0.4) is 0 Å². The normalized spacial score (nSPS) is 22.2. The number of pyridine rings is 1. The third kappa shape index (κ3) is 3.49. The molecule has 3 rings (SSSR count). The number of aromatic nitrogens is 1. The lowest BCUT2D eigenvalue weighted by atomic mass is 9.90. The number of nitrogens with zero attached hydrogens (tertiary/aromatic N) is 1. The average molecular weight is 367 g/mol. The van der Waals surface area contributed by atoms with Crippen LogP contribution in [0.2, 0.25) is 5.15 Å². The van der Waals surface area contributed by atoms with E-state index < -0.39 is 16.7 Å². The first kappa shape index (κ1) is 17.8. The molecule has 6 heteroatoms. The van der Waals surface area contributed by atoms with E-state index in [1.54, 1.807) is 6.20 Å². The molecule has 0 amide bonds. The molecule has 1 aromatic heterocycles. The molecule has 2 N–H and O–H groups in total. The molecule has 2 aromatic rings. The van der Waals surface area contributed by atoms with Gasteiger partial charge in [-0.1, -0.05) is 28.8 Å². The first-order valence-corrected chi connectivity index (χ1v) is 9.97. The van der Waals surface area contributed by atoms with Crippen molar-refractivity contribution in [3.05, 3.63) is 35.1 Å². The van der Waals surface area contributed by atoms with E-state index in [-0.39, 0.29) is 11.4 Å². The Bertz CT molecular complexity index is 742. The van der Waals surface area contributed by atoms with Crippen LogP contribution in [-0.4, -0.2) is 26.6 Å². The van der Waals surface area contributed by atoms with Crippen molar-refractivity contribution in [2.24, 2.45) is 5.73 Å². The topological polar surface area (TPSA) is 71.2 Å². The molecule has 0 bridgehead atoms. The van der Waals surface area contributed by atoms with Crippen LogP contribution in [0.15, 0.2) is 24.4 Å². The van der Waals surface area contributed by atoms with Crippen LogP contribution in [0, 0.1) is 0 Å². The Kier molecular flexibility index (Phi) is 4.98. The number of benzene rings is 1. The number of hydrogen-bond donors (Lipinski definition) is 1. The molecule has 0 radical (unpaired) electrons. The minimum absolute atomic E-state index is 0.112. The summed E-state index contributed by atoms with van der Waals surface area (Å²) in [5.74, 6) is 1.50. The largest absolute Gasteiger partial charge is 0.616 e. The summed E-state index contributed by atoms with van der Waals surface area (Å²) in [6.45, 7) is 5.89. The van der Waals surface area contributed by atoms with E-state index in [0.717, 1.165) is 34.9 Å². The highest BCUT2D eigenvalue weighted by Crippen LogP contribution is 2.37. The van der Waals surface area contributed by atoms with Crippen molar-refractivity contribution < 1.29 is 9.29 Å². The smallest absolute Gasteiger partial charge is 0.129 e. The summed E-state index contributed by atoms with van der Waals surface area (Å²) in [6, 6.07) is 5.78. The lowest BCUT2D eigenvalue weighted by molar-refractivity contribution is 0.125. The fourth-order valence-corrected chi connectivity index (χ4v) is 4.58. The molecule has 1 saturated carbocycles. The van der Waals surface area contributed by atoms with Gasteiger partial charge in [0, 0.05) is 30.0 Å². The van der Waals surface area contributed by atoms with Crippen molar-refractivity contribution in [1.82, 2.24) is 4.98 Å². The van der Waals surface area contributed by atoms with Crippen molar-refractivity contribution in [1.29, 1.82) is 0 Å². The first-order valence-electron chi connectivity index (χ1n) is 8.21. The van der Waals surface area contributed by atoms with Gasteiger partial charge in [0.15, 0.2) is 0 Å². The Hall–Kier alpha value is -1.01. The van der Waals surface area contributed by atoms with E-state index in [4.69, 9.17) is 22.1 Å². The standard InChI is InChI=1S/C18H23ClN2O2S/c1-4-24(22)12-7-11(8-12)23-16-6-5-15(18(2,3)20)13-9-17(19)21-10-14(13)16/h5-6,9-12H,4,7-8,20H2,1-3H3. The van der Waals surface area contributed by atoms with E-state index in [0.29, 0.717) is 10.9 Å². The van der Waals surface area contributed by atoms with Crippen molar-refractivity contribution in [2.75, 3.05) is 5.75 Å². The summed E-state index contributed by atoms with van der Waals surface area (Å²) in [4.78, 5) is 4.19. The molecule has 24 heavy (non-hydrogen) atoms. The van der Waals surface area contributed by atoms with E-state index in [2.05, 4.69) is 4.98 Å². The zero-order valence-corrected chi connectivity index (χ0v) is 15.8. The number of halogens is 1. The van der Waals surface area contributed by atoms with Crippen LogP contribution in [0.1, 0.15) is 39.2 Å². The number of nitrogens with two attached hydrogens (primary N) is 1. The molecule has 1 fully saturated rings. The van der Waals surface area contributed by atoms with Gasteiger partial charge in [0.2, 0.25) is 0 Å². The molecule has 0 aliphatic heterocycles. The van der Waals surface area contributed by atoms with Gasteiger partial charge >= 0.3 is 0 Å². The van der Waals surface area contributed by atoms with Crippen molar-refractivity contribution >= 4 is 33.5 Å². The molecule has 1 unspecified atom stereocenters. The summed E-state index contributed by atoms with van der Waals surface area (Å²) in [5, 5.41) is 2.58. The second-order valence-electron chi connectivity index (χ2n) is 6.89. The molecule has 1 aliphatic rings.